The lowest BCUT2D eigenvalue weighted by Gasteiger charge is -2.10. The molecule has 88 valence electrons. The molecule has 0 aromatic heterocycles. The summed E-state index contributed by atoms with van der Waals surface area (Å²) >= 11 is 11.5. The summed E-state index contributed by atoms with van der Waals surface area (Å²) in [6.07, 6.45) is 0. The molecule has 0 aliphatic carbocycles. The summed E-state index contributed by atoms with van der Waals surface area (Å²) in [6, 6.07) is 9.41. The van der Waals surface area contributed by atoms with Gasteiger partial charge in [-0.3, -0.25) is 0 Å². The third-order valence-electron chi connectivity index (χ3n) is 2.21. The number of rotatable bonds is 2. The highest BCUT2D eigenvalue weighted by Gasteiger charge is 2.04. The van der Waals surface area contributed by atoms with Gasteiger partial charge in [0.25, 0.3) is 0 Å². The largest absolute Gasteiger partial charge is 0.397 e. The van der Waals surface area contributed by atoms with Crippen LogP contribution in [0.4, 0.5) is 21.5 Å². The Morgan fingerprint density at radius 1 is 1.06 bits per heavy atom. The first kappa shape index (κ1) is 12.0. The van der Waals surface area contributed by atoms with Crippen LogP contribution >= 0.6 is 23.2 Å². The Morgan fingerprint density at radius 3 is 2.53 bits per heavy atom. The highest BCUT2D eigenvalue weighted by molar-refractivity contribution is 6.31. The van der Waals surface area contributed by atoms with Gasteiger partial charge in [0, 0.05) is 10.7 Å². The normalized spacial score (nSPS) is 10.3. The van der Waals surface area contributed by atoms with E-state index in [-0.39, 0.29) is 5.02 Å². The summed E-state index contributed by atoms with van der Waals surface area (Å²) in [6.45, 7) is 0. The zero-order chi connectivity index (χ0) is 12.4. The minimum Gasteiger partial charge on any atom is -0.397 e. The van der Waals surface area contributed by atoms with Gasteiger partial charge < -0.3 is 11.1 Å². The van der Waals surface area contributed by atoms with Crippen molar-refractivity contribution in [2.75, 3.05) is 11.1 Å². The summed E-state index contributed by atoms with van der Waals surface area (Å²) in [7, 11) is 0. The van der Waals surface area contributed by atoms with Gasteiger partial charge in [-0.2, -0.15) is 0 Å². The number of nitrogen functional groups attached to an aromatic ring is 1. The molecule has 2 aromatic rings. The Kier molecular flexibility index (Phi) is 3.41. The van der Waals surface area contributed by atoms with Crippen molar-refractivity contribution in [2.24, 2.45) is 0 Å². The minimum atomic E-state index is -0.462. The third kappa shape index (κ3) is 2.81. The number of halogens is 3. The predicted molar refractivity (Wildman–Crippen MR) is 70.6 cm³/mol. The molecule has 2 nitrogen and oxygen atoms in total. The number of hydrogen-bond donors (Lipinski definition) is 2. The molecule has 2 rings (SSSR count). The summed E-state index contributed by atoms with van der Waals surface area (Å²) in [5.41, 5.74) is 7.62. The van der Waals surface area contributed by atoms with Crippen molar-refractivity contribution in [3.63, 3.8) is 0 Å². The number of hydrogen-bond acceptors (Lipinski definition) is 2. The molecule has 0 aliphatic rings. The average Bonchev–Trinajstić information content (AvgIpc) is 2.29. The van der Waals surface area contributed by atoms with Crippen molar-refractivity contribution in [3.8, 4) is 0 Å². The van der Waals surface area contributed by atoms with Crippen molar-refractivity contribution < 1.29 is 4.39 Å². The Balaban J connectivity index is 2.31. The smallest absolute Gasteiger partial charge is 0.141 e. The molecule has 0 aliphatic heterocycles. The molecule has 17 heavy (non-hydrogen) atoms. The standard InChI is InChI=1S/C12H9Cl2FN2/c13-7-1-4-11(16)12(5-7)17-8-2-3-10(15)9(14)6-8/h1-6,17H,16H2. The van der Waals surface area contributed by atoms with Crippen molar-refractivity contribution in [3.05, 3.63) is 52.3 Å². The number of benzene rings is 2. The van der Waals surface area contributed by atoms with E-state index in [0.717, 1.165) is 0 Å². The average molecular weight is 271 g/mol. The monoisotopic (exact) mass is 270 g/mol. The van der Waals surface area contributed by atoms with Crippen LogP contribution in [0.2, 0.25) is 10.0 Å². The second-order valence-electron chi connectivity index (χ2n) is 3.49. The molecule has 0 saturated heterocycles. The van der Waals surface area contributed by atoms with Crippen molar-refractivity contribution in [2.45, 2.75) is 0 Å². The Bertz CT molecular complexity index is 558. The van der Waals surface area contributed by atoms with Gasteiger partial charge >= 0.3 is 0 Å². The van der Waals surface area contributed by atoms with Crippen LogP contribution in [0.15, 0.2) is 36.4 Å². The molecule has 0 bridgehead atoms. The summed E-state index contributed by atoms with van der Waals surface area (Å²) < 4.78 is 13.0. The first-order chi connectivity index (χ1) is 8.06. The summed E-state index contributed by atoms with van der Waals surface area (Å²) in [5, 5.41) is 3.64. The van der Waals surface area contributed by atoms with Gasteiger partial charge in [-0.25, -0.2) is 4.39 Å². The van der Waals surface area contributed by atoms with Crippen LogP contribution in [-0.2, 0) is 0 Å². The predicted octanol–water partition coefficient (Wildman–Crippen LogP) is 4.46. The second kappa shape index (κ2) is 4.82. The van der Waals surface area contributed by atoms with Gasteiger partial charge in [-0.1, -0.05) is 23.2 Å². The van der Waals surface area contributed by atoms with Gasteiger partial charge in [0.1, 0.15) is 5.82 Å². The Morgan fingerprint density at radius 2 is 1.82 bits per heavy atom. The lowest BCUT2D eigenvalue weighted by atomic mass is 10.2. The molecular weight excluding hydrogens is 262 g/mol. The number of nitrogens with one attached hydrogen (secondary N) is 1. The molecule has 0 amide bonds. The fraction of sp³-hybridized carbons (Fsp3) is 0. The lowest BCUT2D eigenvalue weighted by Crippen LogP contribution is -1.96. The first-order valence-corrected chi connectivity index (χ1v) is 5.59. The molecule has 5 heteroatoms. The van der Waals surface area contributed by atoms with Crippen molar-refractivity contribution in [1.29, 1.82) is 0 Å². The molecule has 2 aromatic carbocycles. The van der Waals surface area contributed by atoms with Gasteiger partial charge in [-0.15, -0.1) is 0 Å². The molecule has 3 N–H and O–H groups in total. The van der Waals surface area contributed by atoms with E-state index in [9.17, 15) is 4.39 Å². The molecule has 0 radical (unpaired) electrons. The van der Waals surface area contributed by atoms with Crippen molar-refractivity contribution in [1.82, 2.24) is 0 Å². The van der Waals surface area contributed by atoms with E-state index < -0.39 is 5.82 Å². The third-order valence-corrected chi connectivity index (χ3v) is 2.74. The quantitative estimate of drug-likeness (QED) is 0.791. The molecule has 0 saturated carbocycles. The molecule has 0 atom stereocenters. The molecule has 0 spiro atoms. The van der Waals surface area contributed by atoms with Gasteiger partial charge in [0.05, 0.1) is 16.4 Å². The van der Waals surface area contributed by atoms with Crippen LogP contribution in [0.3, 0.4) is 0 Å². The molecule has 0 fully saturated rings. The Labute approximate surface area is 108 Å². The molecule has 0 unspecified atom stereocenters. The zero-order valence-electron chi connectivity index (χ0n) is 8.68. The van der Waals surface area contributed by atoms with Gasteiger partial charge in [0.15, 0.2) is 0 Å². The topological polar surface area (TPSA) is 38.0 Å². The fourth-order valence-electron chi connectivity index (χ4n) is 1.37. The SMILES string of the molecule is Nc1ccc(Cl)cc1Nc1ccc(F)c(Cl)c1. The van der Waals surface area contributed by atoms with Crippen LogP contribution in [-0.4, -0.2) is 0 Å². The number of nitrogens with two attached hydrogens (primary N) is 1. The molecular formula is C12H9Cl2FN2. The highest BCUT2D eigenvalue weighted by Crippen LogP contribution is 2.28. The van der Waals surface area contributed by atoms with Crippen LogP contribution < -0.4 is 11.1 Å². The van der Waals surface area contributed by atoms with E-state index in [2.05, 4.69) is 5.32 Å². The van der Waals surface area contributed by atoms with Crippen LogP contribution in [0.1, 0.15) is 0 Å². The van der Waals surface area contributed by atoms with E-state index in [0.29, 0.717) is 22.1 Å². The Hall–Kier alpha value is -1.45. The maximum atomic E-state index is 13.0. The summed E-state index contributed by atoms with van der Waals surface area (Å²) in [5.74, 6) is -0.462. The van der Waals surface area contributed by atoms with Crippen LogP contribution in [0, 0.1) is 5.82 Å². The second-order valence-corrected chi connectivity index (χ2v) is 4.33. The van der Waals surface area contributed by atoms with E-state index in [4.69, 9.17) is 28.9 Å². The van der Waals surface area contributed by atoms with Crippen molar-refractivity contribution >= 4 is 40.3 Å². The van der Waals surface area contributed by atoms with E-state index in [1.165, 1.54) is 12.1 Å². The zero-order valence-corrected chi connectivity index (χ0v) is 10.2. The van der Waals surface area contributed by atoms with E-state index in [1.54, 1.807) is 24.3 Å². The minimum absolute atomic E-state index is 0.0515. The van der Waals surface area contributed by atoms with E-state index >= 15 is 0 Å². The fourth-order valence-corrected chi connectivity index (χ4v) is 1.72. The number of anilines is 3. The van der Waals surface area contributed by atoms with Crippen LogP contribution in [0.25, 0.3) is 0 Å². The van der Waals surface area contributed by atoms with E-state index in [1.807, 2.05) is 0 Å². The highest BCUT2D eigenvalue weighted by atomic mass is 35.5. The van der Waals surface area contributed by atoms with Crippen LogP contribution in [0.5, 0.6) is 0 Å². The first-order valence-electron chi connectivity index (χ1n) is 4.83. The lowest BCUT2D eigenvalue weighted by molar-refractivity contribution is 0.628. The maximum absolute atomic E-state index is 13.0. The van der Waals surface area contributed by atoms with Gasteiger partial charge in [0.2, 0.25) is 0 Å². The van der Waals surface area contributed by atoms with Gasteiger partial charge in [-0.05, 0) is 36.4 Å². The maximum Gasteiger partial charge on any atom is 0.141 e. The summed E-state index contributed by atoms with van der Waals surface area (Å²) in [4.78, 5) is 0. The molecule has 0 heterocycles.